The van der Waals surface area contributed by atoms with Crippen LogP contribution >= 0.6 is 0 Å². The van der Waals surface area contributed by atoms with Gasteiger partial charge in [-0.15, -0.1) is 0 Å². The lowest BCUT2D eigenvalue weighted by Gasteiger charge is -2.21. The highest BCUT2D eigenvalue weighted by atomic mass is 32.2. The highest BCUT2D eigenvalue weighted by Gasteiger charge is 2.30. The SMILES string of the molecule is CC(C)OC(=O)[C@H](CCC(=O)C=[N+]=[N-])NC(=O)[C@H](Cc1c[nH]c2ccccc12)S(C)=O. The number of rotatable bonds is 11. The molecule has 10 heteroatoms. The van der Waals surface area contributed by atoms with Crippen molar-refractivity contribution in [2.24, 2.45) is 0 Å². The second-order valence-corrected chi connectivity index (χ2v) is 8.91. The van der Waals surface area contributed by atoms with Gasteiger partial charge in [-0.1, -0.05) is 18.2 Å². The summed E-state index contributed by atoms with van der Waals surface area (Å²) in [4.78, 5) is 42.8. The Bertz CT molecular complexity index is 1030. The normalized spacial score (nSPS) is 13.8. The van der Waals surface area contributed by atoms with Crippen LogP contribution < -0.4 is 5.32 Å². The van der Waals surface area contributed by atoms with Gasteiger partial charge in [0.1, 0.15) is 11.3 Å². The number of benzene rings is 1. The number of aromatic amines is 1. The second kappa shape index (κ2) is 11.3. The fraction of sp³-hybridized carbons (Fsp3) is 0.429. The maximum Gasteiger partial charge on any atom is 0.328 e. The number of ketones is 1. The molecule has 0 fully saturated rings. The minimum absolute atomic E-state index is 0.0434. The summed E-state index contributed by atoms with van der Waals surface area (Å²) >= 11 is 0. The largest absolute Gasteiger partial charge is 0.461 e. The number of H-pyrrole nitrogens is 1. The van der Waals surface area contributed by atoms with Crippen LogP contribution in [0, 0.1) is 0 Å². The molecular formula is C21H26N4O5S. The number of nitrogens with zero attached hydrogens (tertiary/aromatic N) is 2. The standard InChI is InChI=1S/C21H26N4O5S/c1-13(2)30-21(28)18(9-8-15(26)12-24-22)25-20(27)19(31(3)29)10-14-11-23-17-7-5-4-6-16(14)17/h4-7,11-13,18-19,23H,8-10H2,1-3H3,(H,25,27)/t18-,19-,31?/m0/s1. The van der Waals surface area contributed by atoms with Gasteiger partial charge in [0.05, 0.1) is 6.10 Å². The Labute approximate surface area is 182 Å². The first-order valence-electron chi connectivity index (χ1n) is 9.81. The van der Waals surface area contributed by atoms with Crippen LogP contribution in [0.3, 0.4) is 0 Å². The number of para-hydroxylation sites is 1. The zero-order chi connectivity index (χ0) is 23.0. The molecule has 0 spiro atoms. The molecule has 1 unspecified atom stereocenters. The highest BCUT2D eigenvalue weighted by Crippen LogP contribution is 2.20. The zero-order valence-corrected chi connectivity index (χ0v) is 18.5. The number of carbonyl (C=O) groups excluding carboxylic acids is 3. The van der Waals surface area contributed by atoms with Crippen LogP contribution in [0.1, 0.15) is 32.3 Å². The van der Waals surface area contributed by atoms with Crippen molar-refractivity contribution in [1.82, 2.24) is 10.3 Å². The monoisotopic (exact) mass is 446 g/mol. The van der Waals surface area contributed by atoms with E-state index >= 15 is 0 Å². The molecule has 1 amide bonds. The van der Waals surface area contributed by atoms with Crippen molar-refractivity contribution in [2.75, 3.05) is 6.26 Å². The van der Waals surface area contributed by atoms with Gasteiger partial charge in [-0.05, 0) is 38.3 Å². The number of hydrogen-bond acceptors (Lipinski definition) is 5. The molecule has 2 N–H and O–H groups in total. The first-order valence-corrected chi connectivity index (χ1v) is 11.4. The highest BCUT2D eigenvalue weighted by molar-refractivity contribution is 7.85. The summed E-state index contributed by atoms with van der Waals surface area (Å²) in [7, 11) is -1.52. The Balaban J connectivity index is 2.18. The maximum atomic E-state index is 12.9. The van der Waals surface area contributed by atoms with Crippen molar-refractivity contribution in [3.8, 4) is 0 Å². The van der Waals surface area contributed by atoms with Gasteiger partial charge in [0.15, 0.2) is 0 Å². The third kappa shape index (κ3) is 6.97. The number of nitrogens with one attached hydrogen (secondary N) is 2. The summed E-state index contributed by atoms with van der Waals surface area (Å²) < 4.78 is 17.5. The molecule has 2 aromatic rings. The number of esters is 1. The third-order valence-electron chi connectivity index (χ3n) is 4.61. The molecule has 0 aliphatic carbocycles. The smallest absolute Gasteiger partial charge is 0.328 e. The lowest BCUT2D eigenvalue weighted by Crippen LogP contribution is -2.48. The van der Waals surface area contributed by atoms with Crippen LogP contribution in [0.5, 0.6) is 0 Å². The minimum atomic E-state index is -1.52. The maximum absolute atomic E-state index is 12.9. The molecule has 1 heterocycles. The summed E-state index contributed by atoms with van der Waals surface area (Å²) in [6.45, 7) is 3.34. The molecule has 9 nitrogen and oxygen atoms in total. The molecule has 0 aliphatic heterocycles. The molecule has 0 saturated carbocycles. The van der Waals surface area contributed by atoms with E-state index < -0.39 is 45.9 Å². The average Bonchev–Trinajstić information content (AvgIpc) is 3.11. The fourth-order valence-corrected chi connectivity index (χ4v) is 3.89. The summed E-state index contributed by atoms with van der Waals surface area (Å²) in [5.41, 5.74) is 10.2. The van der Waals surface area contributed by atoms with Crippen molar-refractivity contribution in [3.63, 3.8) is 0 Å². The summed E-state index contributed by atoms with van der Waals surface area (Å²) in [6.07, 6.45) is 3.55. The minimum Gasteiger partial charge on any atom is -0.461 e. The van der Waals surface area contributed by atoms with Gasteiger partial charge >= 0.3 is 12.2 Å². The van der Waals surface area contributed by atoms with Crippen molar-refractivity contribution >= 4 is 45.6 Å². The Hall–Kier alpha value is -3.10. The fourth-order valence-electron chi connectivity index (χ4n) is 3.10. The lowest BCUT2D eigenvalue weighted by molar-refractivity contribution is -0.151. The van der Waals surface area contributed by atoms with Gasteiger partial charge in [0, 0.05) is 40.6 Å². The molecule has 0 aliphatic rings. The predicted octanol–water partition coefficient (Wildman–Crippen LogP) is 1.54. The predicted molar refractivity (Wildman–Crippen MR) is 117 cm³/mol. The van der Waals surface area contributed by atoms with Crippen molar-refractivity contribution in [3.05, 3.63) is 41.6 Å². The van der Waals surface area contributed by atoms with Crippen LogP contribution in [0.2, 0.25) is 0 Å². The Morgan fingerprint density at radius 1 is 1.29 bits per heavy atom. The van der Waals surface area contributed by atoms with Crippen LogP contribution in [0.25, 0.3) is 16.4 Å². The van der Waals surface area contributed by atoms with E-state index in [1.165, 1.54) is 6.26 Å². The van der Waals surface area contributed by atoms with Crippen molar-refractivity contribution < 1.29 is 28.1 Å². The van der Waals surface area contributed by atoms with Crippen LogP contribution in [0.15, 0.2) is 30.5 Å². The van der Waals surface area contributed by atoms with E-state index in [0.29, 0.717) is 0 Å². The third-order valence-corrected chi connectivity index (χ3v) is 5.79. The molecule has 2 rings (SSSR count). The molecular weight excluding hydrogens is 420 g/mol. The Kier molecular flexibility index (Phi) is 8.84. The molecule has 0 bridgehead atoms. The Morgan fingerprint density at radius 2 is 2.00 bits per heavy atom. The summed E-state index contributed by atoms with van der Waals surface area (Å²) in [5, 5.41) is 2.61. The van der Waals surface area contributed by atoms with E-state index in [0.717, 1.165) is 22.7 Å². The number of Topliss-reactive ketones (excluding diaryl/α,β-unsaturated/α-hetero) is 1. The van der Waals surface area contributed by atoms with Gasteiger partial charge in [0.25, 0.3) is 0 Å². The van der Waals surface area contributed by atoms with Crippen LogP contribution in [-0.4, -0.2) is 61.5 Å². The van der Waals surface area contributed by atoms with E-state index in [9.17, 15) is 18.6 Å². The van der Waals surface area contributed by atoms with E-state index in [4.69, 9.17) is 10.3 Å². The molecule has 1 aromatic heterocycles. The molecule has 1 aromatic carbocycles. The number of hydrogen-bond donors (Lipinski definition) is 2. The van der Waals surface area contributed by atoms with Crippen LogP contribution in [0.4, 0.5) is 0 Å². The van der Waals surface area contributed by atoms with Gasteiger partial charge < -0.3 is 20.6 Å². The zero-order valence-electron chi connectivity index (χ0n) is 17.7. The topological polar surface area (TPSA) is 142 Å². The van der Waals surface area contributed by atoms with E-state index in [1.54, 1.807) is 20.0 Å². The molecule has 166 valence electrons. The number of fused-ring (bicyclic) bond motifs is 1. The van der Waals surface area contributed by atoms with Gasteiger partial charge in [0.2, 0.25) is 11.7 Å². The van der Waals surface area contributed by atoms with Crippen LogP contribution in [-0.2, 0) is 36.3 Å². The lowest BCUT2D eigenvalue weighted by atomic mass is 10.1. The summed E-state index contributed by atoms with van der Waals surface area (Å²) in [5.74, 6) is -1.77. The first-order chi connectivity index (χ1) is 14.7. The van der Waals surface area contributed by atoms with Gasteiger partial charge in [-0.3, -0.25) is 13.8 Å². The first kappa shape index (κ1) is 24.2. The number of ether oxygens (including phenoxy) is 1. The average molecular weight is 447 g/mol. The Morgan fingerprint density at radius 3 is 2.65 bits per heavy atom. The molecule has 0 saturated heterocycles. The van der Waals surface area contributed by atoms with Gasteiger partial charge in [-0.2, -0.15) is 4.79 Å². The molecule has 31 heavy (non-hydrogen) atoms. The van der Waals surface area contributed by atoms with Crippen molar-refractivity contribution in [1.29, 1.82) is 0 Å². The molecule has 3 atom stereocenters. The van der Waals surface area contributed by atoms with E-state index in [2.05, 4.69) is 15.1 Å². The second-order valence-electron chi connectivity index (χ2n) is 7.35. The van der Waals surface area contributed by atoms with E-state index in [1.807, 2.05) is 24.3 Å². The molecule has 0 radical (unpaired) electrons. The number of amides is 1. The quantitative estimate of drug-likeness (QED) is 0.233. The van der Waals surface area contributed by atoms with Crippen molar-refractivity contribution in [2.45, 2.75) is 50.5 Å². The number of aromatic nitrogens is 1. The number of carbonyl (C=O) groups is 3. The summed E-state index contributed by atoms with van der Waals surface area (Å²) in [6, 6.07) is 6.48. The van der Waals surface area contributed by atoms with Gasteiger partial charge in [-0.25, -0.2) is 4.79 Å². The van der Waals surface area contributed by atoms with E-state index in [-0.39, 0.29) is 19.3 Å².